The highest BCUT2D eigenvalue weighted by atomic mass is 14.9. The second-order valence-electron chi connectivity index (χ2n) is 4.15. The van der Waals surface area contributed by atoms with Crippen LogP contribution in [-0.4, -0.2) is 19.9 Å². The van der Waals surface area contributed by atoms with E-state index in [2.05, 4.69) is 25.3 Å². The maximum absolute atomic E-state index is 4.55. The van der Waals surface area contributed by atoms with Gasteiger partial charge in [0, 0.05) is 19.3 Å². The molecule has 0 aliphatic rings. The smallest absolute Gasteiger partial charge is 0.115 e. The normalized spacial score (nSPS) is 10.7. The zero-order chi connectivity index (χ0) is 12.9. The van der Waals surface area contributed by atoms with Crippen molar-refractivity contribution in [3.63, 3.8) is 0 Å². The molecule has 0 unspecified atom stereocenters. The van der Waals surface area contributed by atoms with Crippen LogP contribution in [0.4, 0.5) is 0 Å². The molecular formula is C14H13N5. The second kappa shape index (κ2) is 5.49. The van der Waals surface area contributed by atoms with Gasteiger partial charge in [-0.15, -0.1) is 0 Å². The molecule has 1 aromatic carbocycles. The SMILES string of the molecule is c1ccc2nc(CNCc3ccncn3)cnc2c1. The molecule has 2 aromatic heterocycles. The van der Waals surface area contributed by atoms with E-state index < -0.39 is 0 Å². The molecule has 19 heavy (non-hydrogen) atoms. The van der Waals surface area contributed by atoms with Crippen LogP contribution in [0, 0.1) is 0 Å². The van der Waals surface area contributed by atoms with Crippen molar-refractivity contribution in [3.8, 4) is 0 Å². The maximum Gasteiger partial charge on any atom is 0.115 e. The summed E-state index contributed by atoms with van der Waals surface area (Å²) in [4.78, 5) is 17.0. The molecule has 3 aromatic rings. The second-order valence-corrected chi connectivity index (χ2v) is 4.15. The summed E-state index contributed by atoms with van der Waals surface area (Å²) in [6.07, 6.45) is 5.09. The number of rotatable bonds is 4. The van der Waals surface area contributed by atoms with Gasteiger partial charge in [0.1, 0.15) is 6.33 Å². The Kier molecular flexibility index (Phi) is 3.38. The number of nitrogens with one attached hydrogen (secondary N) is 1. The van der Waals surface area contributed by atoms with E-state index in [1.54, 1.807) is 18.7 Å². The molecule has 94 valence electrons. The molecule has 0 radical (unpaired) electrons. The summed E-state index contributed by atoms with van der Waals surface area (Å²) in [7, 11) is 0. The molecule has 2 heterocycles. The number of nitrogens with zero attached hydrogens (tertiary/aromatic N) is 4. The Labute approximate surface area is 110 Å². The molecule has 0 aliphatic heterocycles. The first-order valence-electron chi connectivity index (χ1n) is 6.08. The summed E-state index contributed by atoms with van der Waals surface area (Å²) >= 11 is 0. The maximum atomic E-state index is 4.55. The van der Waals surface area contributed by atoms with Gasteiger partial charge in [0.2, 0.25) is 0 Å². The summed E-state index contributed by atoms with van der Waals surface area (Å²) in [5.74, 6) is 0. The van der Waals surface area contributed by atoms with Crippen molar-refractivity contribution in [2.75, 3.05) is 0 Å². The Morgan fingerprint density at radius 1 is 0.895 bits per heavy atom. The van der Waals surface area contributed by atoms with Crippen LogP contribution in [-0.2, 0) is 13.1 Å². The van der Waals surface area contributed by atoms with Gasteiger partial charge in [-0.3, -0.25) is 4.98 Å². The molecule has 0 bridgehead atoms. The first-order chi connectivity index (χ1) is 9.42. The van der Waals surface area contributed by atoms with Crippen LogP contribution in [0.15, 0.2) is 49.1 Å². The van der Waals surface area contributed by atoms with Gasteiger partial charge in [-0.05, 0) is 18.2 Å². The van der Waals surface area contributed by atoms with E-state index in [4.69, 9.17) is 0 Å². The molecule has 0 spiro atoms. The van der Waals surface area contributed by atoms with Crippen molar-refractivity contribution >= 4 is 11.0 Å². The fraction of sp³-hybridized carbons (Fsp3) is 0.143. The number of benzene rings is 1. The van der Waals surface area contributed by atoms with E-state index in [9.17, 15) is 0 Å². The van der Waals surface area contributed by atoms with Crippen molar-refractivity contribution in [3.05, 3.63) is 60.4 Å². The van der Waals surface area contributed by atoms with Crippen LogP contribution in [0.25, 0.3) is 11.0 Å². The Balaban J connectivity index is 1.65. The van der Waals surface area contributed by atoms with E-state index in [1.165, 1.54) is 0 Å². The van der Waals surface area contributed by atoms with Crippen LogP contribution in [0.1, 0.15) is 11.4 Å². The van der Waals surface area contributed by atoms with E-state index in [-0.39, 0.29) is 0 Å². The largest absolute Gasteiger partial charge is 0.305 e. The highest BCUT2D eigenvalue weighted by molar-refractivity contribution is 5.73. The number of hydrogen-bond donors (Lipinski definition) is 1. The van der Waals surface area contributed by atoms with Gasteiger partial charge in [0.15, 0.2) is 0 Å². The highest BCUT2D eigenvalue weighted by Gasteiger charge is 1.99. The van der Waals surface area contributed by atoms with Crippen LogP contribution in [0.5, 0.6) is 0 Å². The standard InChI is InChI=1S/C14H13N5/c1-2-4-14-13(3-1)17-9-12(19-14)8-16-7-11-5-6-15-10-18-11/h1-6,9-10,16H,7-8H2. The molecule has 1 N–H and O–H groups in total. The van der Waals surface area contributed by atoms with Crippen LogP contribution < -0.4 is 5.32 Å². The topological polar surface area (TPSA) is 63.6 Å². The van der Waals surface area contributed by atoms with Gasteiger partial charge in [0.05, 0.1) is 28.6 Å². The fourth-order valence-electron chi connectivity index (χ4n) is 1.82. The van der Waals surface area contributed by atoms with Crippen LogP contribution in [0.2, 0.25) is 0 Å². The van der Waals surface area contributed by atoms with Crippen LogP contribution in [0.3, 0.4) is 0 Å². The summed E-state index contributed by atoms with van der Waals surface area (Å²) in [6, 6.07) is 9.74. The molecule has 5 nitrogen and oxygen atoms in total. The minimum Gasteiger partial charge on any atom is -0.305 e. The van der Waals surface area contributed by atoms with E-state index in [0.29, 0.717) is 13.1 Å². The number of para-hydroxylation sites is 2. The lowest BCUT2D eigenvalue weighted by Gasteiger charge is -2.04. The quantitative estimate of drug-likeness (QED) is 0.764. The highest BCUT2D eigenvalue weighted by Crippen LogP contribution is 2.08. The Morgan fingerprint density at radius 2 is 1.74 bits per heavy atom. The molecule has 0 fully saturated rings. The average Bonchev–Trinajstić information content (AvgIpc) is 2.48. The molecule has 0 aliphatic carbocycles. The van der Waals surface area contributed by atoms with E-state index in [0.717, 1.165) is 22.4 Å². The van der Waals surface area contributed by atoms with E-state index in [1.807, 2.05) is 30.3 Å². The van der Waals surface area contributed by atoms with Gasteiger partial charge >= 0.3 is 0 Å². The number of aromatic nitrogens is 4. The zero-order valence-corrected chi connectivity index (χ0v) is 10.3. The fourth-order valence-corrected chi connectivity index (χ4v) is 1.82. The molecule has 5 heteroatoms. The van der Waals surface area contributed by atoms with Crippen molar-refractivity contribution in [1.29, 1.82) is 0 Å². The summed E-state index contributed by atoms with van der Waals surface area (Å²) < 4.78 is 0. The third kappa shape index (κ3) is 2.89. The van der Waals surface area contributed by atoms with Gasteiger partial charge in [-0.2, -0.15) is 0 Å². The zero-order valence-electron chi connectivity index (χ0n) is 10.3. The molecular weight excluding hydrogens is 238 g/mol. The first-order valence-corrected chi connectivity index (χ1v) is 6.08. The van der Waals surface area contributed by atoms with Crippen molar-refractivity contribution in [1.82, 2.24) is 25.3 Å². The average molecular weight is 251 g/mol. The summed E-state index contributed by atoms with van der Waals surface area (Å²) in [5, 5.41) is 3.29. The lowest BCUT2D eigenvalue weighted by Crippen LogP contribution is -2.14. The molecule has 0 saturated carbocycles. The van der Waals surface area contributed by atoms with Crippen molar-refractivity contribution in [2.45, 2.75) is 13.1 Å². The van der Waals surface area contributed by atoms with Crippen LogP contribution >= 0.6 is 0 Å². The minimum absolute atomic E-state index is 0.668. The third-order valence-corrected chi connectivity index (χ3v) is 2.75. The first kappa shape index (κ1) is 11.7. The Hall–Kier alpha value is -2.40. The third-order valence-electron chi connectivity index (χ3n) is 2.75. The Bertz CT molecular complexity index is 669. The van der Waals surface area contributed by atoms with Crippen molar-refractivity contribution < 1.29 is 0 Å². The molecule has 0 atom stereocenters. The predicted octanol–water partition coefficient (Wildman–Crippen LogP) is 1.71. The summed E-state index contributed by atoms with van der Waals surface area (Å²) in [6.45, 7) is 1.36. The van der Waals surface area contributed by atoms with Gasteiger partial charge in [-0.25, -0.2) is 15.0 Å². The van der Waals surface area contributed by atoms with Gasteiger partial charge in [-0.1, -0.05) is 12.1 Å². The number of hydrogen-bond acceptors (Lipinski definition) is 5. The number of fused-ring (bicyclic) bond motifs is 1. The minimum atomic E-state index is 0.668. The molecule has 3 rings (SSSR count). The summed E-state index contributed by atoms with van der Waals surface area (Å²) in [5.41, 5.74) is 3.72. The lowest BCUT2D eigenvalue weighted by atomic mass is 10.3. The molecule has 0 amide bonds. The van der Waals surface area contributed by atoms with Gasteiger partial charge in [0.25, 0.3) is 0 Å². The Morgan fingerprint density at radius 3 is 2.58 bits per heavy atom. The monoisotopic (exact) mass is 251 g/mol. The van der Waals surface area contributed by atoms with E-state index >= 15 is 0 Å². The van der Waals surface area contributed by atoms with Crippen molar-refractivity contribution in [2.24, 2.45) is 0 Å². The van der Waals surface area contributed by atoms with Gasteiger partial charge < -0.3 is 5.32 Å². The molecule has 0 saturated heterocycles. The predicted molar refractivity (Wildman–Crippen MR) is 72.1 cm³/mol. The lowest BCUT2D eigenvalue weighted by molar-refractivity contribution is 0.665.